The van der Waals surface area contributed by atoms with Crippen LogP contribution in [0.3, 0.4) is 0 Å². The molecular weight excluding hydrogens is 328 g/mol. The average Bonchev–Trinajstić information content (AvgIpc) is 3.26. The van der Waals surface area contributed by atoms with Gasteiger partial charge in [0.1, 0.15) is 0 Å². The van der Waals surface area contributed by atoms with Crippen molar-refractivity contribution in [3.05, 3.63) is 64.6 Å². The van der Waals surface area contributed by atoms with E-state index in [0.717, 1.165) is 12.0 Å². The number of hydrogen-bond donors (Lipinski definition) is 1. The van der Waals surface area contributed by atoms with Gasteiger partial charge < -0.3 is 4.42 Å². The predicted molar refractivity (Wildman–Crippen MR) is 89.4 cm³/mol. The highest BCUT2D eigenvalue weighted by atomic mass is 32.2. The quantitative estimate of drug-likeness (QED) is 0.784. The van der Waals surface area contributed by atoms with Crippen LogP contribution < -0.4 is 10.5 Å². The van der Waals surface area contributed by atoms with Crippen LogP contribution >= 0.6 is 0 Å². The minimum atomic E-state index is -3.65. The first-order valence-electron chi connectivity index (χ1n) is 7.62. The SMILES string of the molecule is Cn1c(=O)oc2cc(S(=O)(=O)N[C@@H]3C[C@H]3c3ccccc3)ccc21. The molecule has 2 aromatic carbocycles. The first kappa shape index (κ1) is 15.2. The molecule has 4 rings (SSSR count). The number of rotatable bonds is 4. The second-order valence-corrected chi connectivity index (χ2v) is 7.75. The lowest BCUT2D eigenvalue weighted by Crippen LogP contribution is -2.26. The summed E-state index contributed by atoms with van der Waals surface area (Å²) in [4.78, 5) is 11.6. The summed E-state index contributed by atoms with van der Waals surface area (Å²) >= 11 is 0. The Labute approximate surface area is 138 Å². The van der Waals surface area contributed by atoms with E-state index in [1.54, 1.807) is 13.1 Å². The van der Waals surface area contributed by atoms with Gasteiger partial charge >= 0.3 is 5.76 Å². The molecule has 1 aliphatic rings. The molecule has 0 bridgehead atoms. The molecule has 7 heteroatoms. The Kier molecular flexibility index (Phi) is 3.36. The second kappa shape index (κ2) is 5.32. The first-order chi connectivity index (χ1) is 11.5. The minimum Gasteiger partial charge on any atom is -0.408 e. The van der Waals surface area contributed by atoms with Crippen molar-refractivity contribution < 1.29 is 12.8 Å². The van der Waals surface area contributed by atoms with Gasteiger partial charge in [-0.05, 0) is 24.1 Å². The van der Waals surface area contributed by atoms with Crippen molar-refractivity contribution in [2.24, 2.45) is 7.05 Å². The molecular formula is C17H16N2O4S. The van der Waals surface area contributed by atoms with Gasteiger partial charge in [-0.3, -0.25) is 4.57 Å². The van der Waals surface area contributed by atoms with E-state index in [9.17, 15) is 13.2 Å². The zero-order valence-corrected chi connectivity index (χ0v) is 13.8. The molecule has 0 spiro atoms. The van der Waals surface area contributed by atoms with Crippen LogP contribution in [-0.2, 0) is 17.1 Å². The maximum Gasteiger partial charge on any atom is 0.419 e. The summed E-state index contributed by atoms with van der Waals surface area (Å²) in [6.45, 7) is 0. The molecule has 3 aromatic rings. The Bertz CT molecular complexity index is 1070. The number of hydrogen-bond acceptors (Lipinski definition) is 4. The van der Waals surface area contributed by atoms with Gasteiger partial charge in [0.05, 0.1) is 10.4 Å². The highest BCUT2D eigenvalue weighted by Gasteiger charge is 2.41. The first-order valence-corrected chi connectivity index (χ1v) is 9.11. The van der Waals surface area contributed by atoms with Crippen LogP contribution in [0.1, 0.15) is 17.9 Å². The van der Waals surface area contributed by atoms with Crippen LogP contribution in [-0.4, -0.2) is 19.0 Å². The number of nitrogens with zero attached hydrogens (tertiary/aromatic N) is 1. The third kappa shape index (κ3) is 2.55. The van der Waals surface area contributed by atoms with E-state index < -0.39 is 15.8 Å². The van der Waals surface area contributed by atoms with Gasteiger partial charge in [0.15, 0.2) is 5.58 Å². The van der Waals surface area contributed by atoms with Crippen LogP contribution in [0.4, 0.5) is 0 Å². The monoisotopic (exact) mass is 344 g/mol. The Morgan fingerprint density at radius 3 is 2.67 bits per heavy atom. The minimum absolute atomic E-state index is 0.100. The van der Waals surface area contributed by atoms with Gasteiger partial charge in [-0.1, -0.05) is 30.3 Å². The summed E-state index contributed by atoms with van der Waals surface area (Å²) in [5.41, 5.74) is 1.96. The van der Waals surface area contributed by atoms with Gasteiger partial charge in [-0.2, -0.15) is 0 Å². The topological polar surface area (TPSA) is 81.3 Å². The molecule has 0 radical (unpaired) electrons. The van der Waals surface area contributed by atoms with Gasteiger partial charge in [0.2, 0.25) is 10.0 Å². The molecule has 0 unspecified atom stereocenters. The number of aromatic nitrogens is 1. The molecule has 1 aromatic heterocycles. The zero-order valence-electron chi connectivity index (χ0n) is 13.0. The zero-order chi connectivity index (χ0) is 16.9. The van der Waals surface area contributed by atoms with Gasteiger partial charge in [-0.25, -0.2) is 17.9 Å². The van der Waals surface area contributed by atoms with Crippen LogP contribution in [0.25, 0.3) is 11.1 Å². The Morgan fingerprint density at radius 2 is 1.92 bits per heavy atom. The molecule has 0 saturated heterocycles. The number of fused-ring (bicyclic) bond motifs is 1. The van der Waals surface area contributed by atoms with Crippen molar-refractivity contribution in [2.45, 2.75) is 23.3 Å². The molecule has 24 heavy (non-hydrogen) atoms. The predicted octanol–water partition coefficient (Wildman–Crippen LogP) is 1.97. The van der Waals surface area contributed by atoms with Crippen molar-refractivity contribution in [1.29, 1.82) is 0 Å². The van der Waals surface area contributed by atoms with Crippen molar-refractivity contribution in [1.82, 2.24) is 9.29 Å². The maximum atomic E-state index is 12.6. The normalized spacial score (nSPS) is 20.4. The summed E-state index contributed by atoms with van der Waals surface area (Å²) < 4.78 is 34.2. The summed E-state index contributed by atoms with van der Waals surface area (Å²) in [5.74, 6) is -0.307. The number of benzene rings is 2. The summed E-state index contributed by atoms with van der Waals surface area (Å²) in [6.07, 6.45) is 0.784. The Morgan fingerprint density at radius 1 is 1.17 bits per heavy atom. The van der Waals surface area contributed by atoms with E-state index in [4.69, 9.17) is 4.42 Å². The van der Waals surface area contributed by atoms with Gasteiger partial charge in [0, 0.05) is 25.1 Å². The van der Waals surface area contributed by atoms with Crippen LogP contribution in [0.15, 0.2) is 62.6 Å². The maximum absolute atomic E-state index is 12.6. The van der Waals surface area contributed by atoms with E-state index in [2.05, 4.69) is 4.72 Å². The van der Waals surface area contributed by atoms with Crippen molar-refractivity contribution >= 4 is 21.1 Å². The lowest BCUT2D eigenvalue weighted by atomic mass is 10.1. The number of aryl methyl sites for hydroxylation is 1. The van der Waals surface area contributed by atoms with E-state index in [-0.39, 0.29) is 22.4 Å². The standard InChI is InChI=1S/C17H16N2O4S/c1-19-15-8-7-12(9-16(15)23-17(19)20)24(21,22)18-14-10-13(14)11-5-3-2-4-6-11/h2-9,13-14,18H,10H2,1H3/t13-,14+/m0/s1. The van der Waals surface area contributed by atoms with Crippen molar-refractivity contribution in [3.8, 4) is 0 Å². The molecule has 124 valence electrons. The van der Waals surface area contributed by atoms with Crippen LogP contribution in [0.5, 0.6) is 0 Å². The molecule has 1 saturated carbocycles. The highest BCUT2D eigenvalue weighted by molar-refractivity contribution is 7.89. The second-order valence-electron chi connectivity index (χ2n) is 6.04. The largest absolute Gasteiger partial charge is 0.419 e. The lowest BCUT2D eigenvalue weighted by molar-refractivity contribution is 0.527. The third-order valence-electron chi connectivity index (χ3n) is 4.40. The van der Waals surface area contributed by atoms with Crippen LogP contribution in [0, 0.1) is 0 Å². The van der Waals surface area contributed by atoms with Crippen LogP contribution in [0.2, 0.25) is 0 Å². The highest BCUT2D eigenvalue weighted by Crippen LogP contribution is 2.41. The summed E-state index contributed by atoms with van der Waals surface area (Å²) in [6, 6.07) is 14.2. The Hall–Kier alpha value is -2.38. The summed E-state index contributed by atoms with van der Waals surface area (Å²) in [7, 11) is -2.08. The van der Waals surface area contributed by atoms with E-state index in [1.807, 2.05) is 30.3 Å². The molecule has 1 heterocycles. The fourth-order valence-electron chi connectivity index (χ4n) is 2.94. The molecule has 2 atom stereocenters. The lowest BCUT2D eigenvalue weighted by Gasteiger charge is -2.06. The fraction of sp³-hybridized carbons (Fsp3) is 0.235. The van der Waals surface area contributed by atoms with E-state index >= 15 is 0 Å². The number of nitrogens with one attached hydrogen (secondary N) is 1. The fourth-order valence-corrected chi connectivity index (χ4v) is 4.25. The number of sulfonamides is 1. The molecule has 1 aliphatic carbocycles. The smallest absolute Gasteiger partial charge is 0.408 e. The molecule has 0 aliphatic heterocycles. The van der Waals surface area contributed by atoms with Gasteiger partial charge in [0.25, 0.3) is 0 Å². The summed E-state index contributed by atoms with van der Waals surface area (Å²) in [5, 5.41) is 0. The molecule has 6 nitrogen and oxygen atoms in total. The third-order valence-corrected chi connectivity index (χ3v) is 5.89. The molecule has 1 N–H and O–H groups in total. The average molecular weight is 344 g/mol. The molecule has 1 fully saturated rings. The van der Waals surface area contributed by atoms with E-state index in [1.165, 1.54) is 16.7 Å². The van der Waals surface area contributed by atoms with Crippen molar-refractivity contribution in [3.63, 3.8) is 0 Å². The van der Waals surface area contributed by atoms with Gasteiger partial charge in [-0.15, -0.1) is 0 Å². The van der Waals surface area contributed by atoms with Crippen molar-refractivity contribution in [2.75, 3.05) is 0 Å². The number of oxazole rings is 1. The Balaban J connectivity index is 1.59. The van der Waals surface area contributed by atoms with E-state index in [0.29, 0.717) is 5.52 Å². The molecule has 0 amide bonds.